The normalized spacial score (nSPS) is 11.4. The number of nitrogens with one attached hydrogen (secondary N) is 2. The van der Waals surface area contributed by atoms with Crippen LogP contribution >= 0.6 is 11.3 Å². The molecule has 0 spiro atoms. The van der Waals surface area contributed by atoms with Crippen LogP contribution in [-0.4, -0.2) is 25.9 Å². The Kier molecular flexibility index (Phi) is 6.15. The molecule has 0 radical (unpaired) electrons. The molecule has 7 nitrogen and oxygen atoms in total. The van der Waals surface area contributed by atoms with Gasteiger partial charge in [-0.1, -0.05) is 18.3 Å². The van der Waals surface area contributed by atoms with E-state index in [2.05, 4.69) is 15.0 Å². The third kappa shape index (κ3) is 4.79. The van der Waals surface area contributed by atoms with Gasteiger partial charge in [-0.2, -0.15) is 0 Å². The highest BCUT2D eigenvalue weighted by atomic mass is 32.2. The fourth-order valence-electron chi connectivity index (χ4n) is 2.55. The van der Waals surface area contributed by atoms with Gasteiger partial charge < -0.3 is 10.1 Å². The van der Waals surface area contributed by atoms with Gasteiger partial charge in [0.2, 0.25) is 5.91 Å². The lowest BCUT2D eigenvalue weighted by atomic mass is 10.3. The molecule has 3 aromatic rings. The highest BCUT2D eigenvalue weighted by molar-refractivity contribution is 7.92. The van der Waals surface area contributed by atoms with E-state index in [1.807, 2.05) is 13.8 Å². The molecule has 0 saturated carbocycles. The number of hydrogen-bond donors (Lipinski definition) is 2. The second-order valence-electron chi connectivity index (χ2n) is 6.01. The van der Waals surface area contributed by atoms with Crippen molar-refractivity contribution in [2.75, 3.05) is 16.6 Å². The van der Waals surface area contributed by atoms with Crippen LogP contribution in [0.4, 0.5) is 10.8 Å². The average molecular weight is 420 g/mol. The SMILES string of the molecule is CCCC(=O)Nc1nc2cc(NS(=O)(=O)c3ccc(OCC)cc3)ccc2s1. The van der Waals surface area contributed by atoms with Gasteiger partial charge >= 0.3 is 0 Å². The number of carbonyl (C=O) groups is 1. The molecule has 0 fully saturated rings. The molecule has 9 heteroatoms. The Balaban J connectivity index is 1.78. The van der Waals surface area contributed by atoms with Gasteiger partial charge in [0.25, 0.3) is 10.0 Å². The first-order valence-electron chi connectivity index (χ1n) is 8.87. The van der Waals surface area contributed by atoms with Crippen molar-refractivity contribution >= 4 is 48.3 Å². The maximum Gasteiger partial charge on any atom is 0.261 e. The first-order chi connectivity index (χ1) is 13.4. The van der Waals surface area contributed by atoms with Gasteiger partial charge in [0.1, 0.15) is 5.75 Å². The minimum Gasteiger partial charge on any atom is -0.494 e. The molecule has 148 valence electrons. The number of aromatic nitrogens is 1. The van der Waals surface area contributed by atoms with Gasteiger partial charge in [-0.15, -0.1) is 0 Å². The monoisotopic (exact) mass is 419 g/mol. The summed E-state index contributed by atoms with van der Waals surface area (Å²) in [7, 11) is -3.73. The van der Waals surface area contributed by atoms with E-state index >= 15 is 0 Å². The average Bonchev–Trinajstić information content (AvgIpc) is 3.03. The Labute approximate surface area is 167 Å². The van der Waals surface area contributed by atoms with Crippen molar-refractivity contribution in [3.8, 4) is 5.75 Å². The molecule has 0 aliphatic carbocycles. The van der Waals surface area contributed by atoms with E-state index < -0.39 is 10.0 Å². The molecule has 2 N–H and O–H groups in total. The van der Waals surface area contributed by atoms with Crippen molar-refractivity contribution in [3.05, 3.63) is 42.5 Å². The summed E-state index contributed by atoms with van der Waals surface area (Å²) in [5, 5.41) is 3.26. The predicted molar refractivity (Wildman–Crippen MR) is 112 cm³/mol. The van der Waals surface area contributed by atoms with E-state index in [1.165, 1.54) is 23.5 Å². The van der Waals surface area contributed by atoms with Crippen LogP contribution in [0.5, 0.6) is 5.75 Å². The zero-order chi connectivity index (χ0) is 20.1. The number of rotatable bonds is 8. The number of benzene rings is 2. The molecular weight excluding hydrogens is 398 g/mol. The number of hydrogen-bond acceptors (Lipinski definition) is 6. The van der Waals surface area contributed by atoms with Crippen molar-refractivity contribution in [2.24, 2.45) is 0 Å². The molecule has 1 amide bonds. The summed E-state index contributed by atoms with van der Waals surface area (Å²) in [5.74, 6) is 0.529. The van der Waals surface area contributed by atoms with Crippen LogP contribution < -0.4 is 14.8 Å². The first-order valence-corrected chi connectivity index (χ1v) is 11.2. The van der Waals surface area contributed by atoms with Gasteiger partial charge in [-0.3, -0.25) is 9.52 Å². The van der Waals surface area contributed by atoms with Crippen molar-refractivity contribution in [1.29, 1.82) is 0 Å². The molecule has 0 unspecified atom stereocenters. The van der Waals surface area contributed by atoms with Crippen LogP contribution in [0.25, 0.3) is 10.2 Å². The predicted octanol–water partition coefficient (Wildman–Crippen LogP) is 4.23. The lowest BCUT2D eigenvalue weighted by Crippen LogP contribution is -2.12. The lowest BCUT2D eigenvalue weighted by Gasteiger charge is -2.09. The molecule has 2 aromatic carbocycles. The molecular formula is C19H21N3O4S2. The van der Waals surface area contributed by atoms with Gasteiger partial charge in [0.15, 0.2) is 5.13 Å². The number of ether oxygens (including phenoxy) is 1. The van der Waals surface area contributed by atoms with Crippen molar-refractivity contribution in [1.82, 2.24) is 4.98 Å². The van der Waals surface area contributed by atoms with Gasteiger partial charge in [0, 0.05) is 6.42 Å². The number of anilines is 2. The highest BCUT2D eigenvalue weighted by Gasteiger charge is 2.15. The summed E-state index contributed by atoms with van der Waals surface area (Å²) in [6.07, 6.45) is 1.19. The van der Waals surface area contributed by atoms with E-state index in [1.54, 1.807) is 30.3 Å². The number of sulfonamides is 1. The molecule has 1 aromatic heterocycles. The Morgan fingerprint density at radius 2 is 1.89 bits per heavy atom. The number of fused-ring (bicyclic) bond motifs is 1. The molecule has 0 atom stereocenters. The fraction of sp³-hybridized carbons (Fsp3) is 0.263. The number of thiazole rings is 1. The zero-order valence-corrected chi connectivity index (χ0v) is 17.2. The van der Waals surface area contributed by atoms with Gasteiger partial charge in [-0.05, 0) is 55.8 Å². The Hall–Kier alpha value is -2.65. The quantitative estimate of drug-likeness (QED) is 0.569. The second-order valence-corrected chi connectivity index (χ2v) is 8.72. The third-order valence-corrected chi connectivity index (χ3v) is 6.16. The van der Waals surface area contributed by atoms with E-state index in [4.69, 9.17) is 4.74 Å². The largest absolute Gasteiger partial charge is 0.494 e. The maximum absolute atomic E-state index is 12.6. The maximum atomic E-state index is 12.6. The van der Waals surface area contributed by atoms with Crippen LogP contribution in [0.3, 0.4) is 0 Å². The smallest absolute Gasteiger partial charge is 0.261 e. The van der Waals surface area contributed by atoms with E-state index in [0.29, 0.717) is 35.1 Å². The van der Waals surface area contributed by atoms with Gasteiger partial charge in [-0.25, -0.2) is 13.4 Å². The van der Waals surface area contributed by atoms with E-state index in [-0.39, 0.29) is 10.8 Å². The molecule has 0 saturated heterocycles. The Morgan fingerprint density at radius 1 is 1.14 bits per heavy atom. The third-order valence-electron chi connectivity index (χ3n) is 3.81. The van der Waals surface area contributed by atoms with Crippen molar-refractivity contribution in [3.63, 3.8) is 0 Å². The minimum atomic E-state index is -3.73. The van der Waals surface area contributed by atoms with Crippen LogP contribution in [0.1, 0.15) is 26.7 Å². The number of amides is 1. The summed E-state index contributed by atoms with van der Waals surface area (Å²) in [6, 6.07) is 11.3. The molecule has 1 heterocycles. The van der Waals surface area contributed by atoms with Crippen molar-refractivity contribution in [2.45, 2.75) is 31.6 Å². The van der Waals surface area contributed by atoms with Crippen LogP contribution in [0, 0.1) is 0 Å². The highest BCUT2D eigenvalue weighted by Crippen LogP contribution is 2.29. The lowest BCUT2D eigenvalue weighted by molar-refractivity contribution is -0.116. The minimum absolute atomic E-state index is 0.0852. The topological polar surface area (TPSA) is 97.4 Å². The van der Waals surface area contributed by atoms with Gasteiger partial charge in [0.05, 0.1) is 27.4 Å². The van der Waals surface area contributed by atoms with Crippen LogP contribution in [-0.2, 0) is 14.8 Å². The molecule has 0 aliphatic heterocycles. The zero-order valence-electron chi connectivity index (χ0n) is 15.6. The summed E-state index contributed by atoms with van der Waals surface area (Å²) >= 11 is 1.35. The Bertz CT molecular complexity index is 1080. The number of nitrogens with zero attached hydrogens (tertiary/aromatic N) is 1. The molecule has 3 rings (SSSR count). The van der Waals surface area contributed by atoms with Crippen LogP contribution in [0.2, 0.25) is 0 Å². The Morgan fingerprint density at radius 3 is 2.57 bits per heavy atom. The van der Waals surface area contributed by atoms with E-state index in [9.17, 15) is 13.2 Å². The number of carbonyl (C=O) groups excluding carboxylic acids is 1. The molecule has 28 heavy (non-hydrogen) atoms. The standard InChI is InChI=1S/C19H21N3O4S2/c1-3-5-18(23)21-19-20-16-12-13(6-11-17(16)27-19)22-28(24,25)15-9-7-14(8-10-15)26-4-2/h6-12,22H,3-5H2,1-2H3,(H,20,21,23). The van der Waals surface area contributed by atoms with Crippen molar-refractivity contribution < 1.29 is 17.9 Å². The fourth-order valence-corrected chi connectivity index (χ4v) is 4.46. The summed E-state index contributed by atoms with van der Waals surface area (Å²) in [6.45, 7) is 4.31. The summed E-state index contributed by atoms with van der Waals surface area (Å²) < 4.78 is 34.0. The van der Waals surface area contributed by atoms with E-state index in [0.717, 1.165) is 11.1 Å². The molecule has 0 bridgehead atoms. The summed E-state index contributed by atoms with van der Waals surface area (Å²) in [5.41, 5.74) is 1.02. The molecule has 0 aliphatic rings. The first kappa shape index (κ1) is 20.1. The van der Waals surface area contributed by atoms with Crippen LogP contribution in [0.15, 0.2) is 47.4 Å². The summed E-state index contributed by atoms with van der Waals surface area (Å²) in [4.78, 5) is 16.2. The second kappa shape index (κ2) is 8.57.